The first-order chi connectivity index (χ1) is 11.6. The number of rotatable bonds is 6. The standard InChI is InChI=1S/C18H23BrN2O3/c19-15-3-1-2-14(10-15)18(6-8-24-9-7-18)12-21-16(22)11-20-17(23)13-4-5-13/h1-3,10,13H,4-9,11-12H2,(H,20,23)(H,21,22). The molecule has 24 heavy (non-hydrogen) atoms. The zero-order chi connectivity index (χ0) is 17.0. The summed E-state index contributed by atoms with van der Waals surface area (Å²) in [6.45, 7) is 2.01. The van der Waals surface area contributed by atoms with Crippen LogP contribution < -0.4 is 10.6 Å². The van der Waals surface area contributed by atoms with Gasteiger partial charge < -0.3 is 15.4 Å². The van der Waals surface area contributed by atoms with Gasteiger partial charge in [0.1, 0.15) is 0 Å². The van der Waals surface area contributed by atoms with Gasteiger partial charge in [-0.15, -0.1) is 0 Å². The van der Waals surface area contributed by atoms with Crippen molar-refractivity contribution in [1.82, 2.24) is 10.6 Å². The van der Waals surface area contributed by atoms with Gasteiger partial charge in [0.25, 0.3) is 0 Å². The number of nitrogens with one attached hydrogen (secondary N) is 2. The molecular formula is C18H23BrN2O3. The summed E-state index contributed by atoms with van der Waals surface area (Å²) in [4.78, 5) is 23.7. The summed E-state index contributed by atoms with van der Waals surface area (Å²) in [7, 11) is 0. The number of halogens is 1. The third-order valence-corrected chi connectivity index (χ3v) is 5.38. The summed E-state index contributed by atoms with van der Waals surface area (Å²) in [5.41, 5.74) is 1.10. The Labute approximate surface area is 150 Å². The molecular weight excluding hydrogens is 372 g/mol. The number of hydrogen-bond donors (Lipinski definition) is 2. The van der Waals surface area contributed by atoms with Crippen LogP contribution in [-0.2, 0) is 19.7 Å². The van der Waals surface area contributed by atoms with Gasteiger partial charge in [0.05, 0.1) is 6.54 Å². The summed E-state index contributed by atoms with van der Waals surface area (Å²) < 4.78 is 6.55. The topological polar surface area (TPSA) is 67.4 Å². The van der Waals surface area contributed by atoms with Crippen molar-refractivity contribution in [3.63, 3.8) is 0 Å². The molecule has 1 aromatic rings. The van der Waals surface area contributed by atoms with E-state index in [-0.39, 0.29) is 29.7 Å². The van der Waals surface area contributed by atoms with Crippen molar-refractivity contribution in [1.29, 1.82) is 0 Å². The second kappa shape index (κ2) is 7.66. The molecule has 2 amide bonds. The van der Waals surface area contributed by atoms with E-state index >= 15 is 0 Å². The van der Waals surface area contributed by atoms with Crippen molar-refractivity contribution >= 4 is 27.7 Å². The second-order valence-electron chi connectivity index (χ2n) is 6.67. The van der Waals surface area contributed by atoms with Crippen LogP contribution in [-0.4, -0.2) is 38.1 Å². The lowest BCUT2D eigenvalue weighted by Gasteiger charge is -2.38. The van der Waals surface area contributed by atoms with Crippen molar-refractivity contribution in [2.24, 2.45) is 5.92 Å². The molecule has 6 heteroatoms. The quantitative estimate of drug-likeness (QED) is 0.776. The van der Waals surface area contributed by atoms with Gasteiger partial charge in [-0.2, -0.15) is 0 Å². The van der Waals surface area contributed by atoms with Crippen LogP contribution in [0.25, 0.3) is 0 Å². The minimum Gasteiger partial charge on any atom is -0.381 e. The predicted molar refractivity (Wildman–Crippen MR) is 94.6 cm³/mol. The zero-order valence-electron chi connectivity index (χ0n) is 13.6. The molecule has 0 bridgehead atoms. The van der Waals surface area contributed by atoms with Crippen LogP contribution >= 0.6 is 15.9 Å². The number of hydrogen-bond acceptors (Lipinski definition) is 3. The first kappa shape index (κ1) is 17.4. The Hall–Kier alpha value is -1.40. The molecule has 0 radical (unpaired) electrons. The van der Waals surface area contributed by atoms with Crippen LogP contribution in [0.1, 0.15) is 31.2 Å². The van der Waals surface area contributed by atoms with Crippen LogP contribution in [0.3, 0.4) is 0 Å². The minimum absolute atomic E-state index is 0.00193. The maximum atomic E-state index is 12.1. The molecule has 0 aromatic heterocycles. The summed E-state index contributed by atoms with van der Waals surface area (Å²) in [6, 6.07) is 8.25. The van der Waals surface area contributed by atoms with E-state index in [2.05, 4.69) is 38.7 Å². The van der Waals surface area contributed by atoms with Crippen molar-refractivity contribution < 1.29 is 14.3 Å². The first-order valence-electron chi connectivity index (χ1n) is 8.47. The van der Waals surface area contributed by atoms with Gasteiger partial charge in [-0.25, -0.2) is 0 Å². The van der Waals surface area contributed by atoms with E-state index in [4.69, 9.17) is 4.74 Å². The normalized spacial score (nSPS) is 19.5. The molecule has 3 rings (SSSR count). The monoisotopic (exact) mass is 394 g/mol. The highest BCUT2D eigenvalue weighted by Gasteiger charge is 2.35. The summed E-state index contributed by atoms with van der Waals surface area (Å²) in [5.74, 6) is -0.0101. The molecule has 5 nitrogen and oxygen atoms in total. The van der Waals surface area contributed by atoms with Crippen molar-refractivity contribution in [3.8, 4) is 0 Å². The molecule has 1 saturated heterocycles. The van der Waals surface area contributed by atoms with E-state index in [1.807, 2.05) is 12.1 Å². The molecule has 1 heterocycles. The van der Waals surface area contributed by atoms with Crippen LogP contribution in [0.15, 0.2) is 28.7 Å². The smallest absolute Gasteiger partial charge is 0.239 e. The maximum absolute atomic E-state index is 12.1. The number of carbonyl (C=O) groups excluding carboxylic acids is 2. The largest absolute Gasteiger partial charge is 0.381 e. The molecule has 1 aliphatic heterocycles. The third kappa shape index (κ3) is 4.36. The van der Waals surface area contributed by atoms with Crippen molar-refractivity contribution in [3.05, 3.63) is 34.3 Å². The van der Waals surface area contributed by atoms with Crippen LogP contribution in [0, 0.1) is 5.92 Å². The van der Waals surface area contributed by atoms with Gasteiger partial charge in [0, 0.05) is 35.6 Å². The SMILES string of the molecule is O=C(CNC(=O)C1CC1)NCC1(c2cccc(Br)c2)CCOCC1. The van der Waals surface area contributed by atoms with E-state index in [0.29, 0.717) is 19.8 Å². The third-order valence-electron chi connectivity index (χ3n) is 4.88. The molecule has 2 N–H and O–H groups in total. The van der Waals surface area contributed by atoms with Crippen LogP contribution in [0.5, 0.6) is 0 Å². The highest BCUT2D eigenvalue weighted by molar-refractivity contribution is 9.10. The van der Waals surface area contributed by atoms with E-state index in [0.717, 1.165) is 30.2 Å². The fourth-order valence-electron chi connectivity index (χ4n) is 3.14. The molecule has 2 fully saturated rings. The average molecular weight is 395 g/mol. The number of benzene rings is 1. The maximum Gasteiger partial charge on any atom is 0.239 e. The molecule has 0 spiro atoms. The van der Waals surface area contributed by atoms with Crippen LogP contribution in [0.4, 0.5) is 0 Å². The Bertz CT molecular complexity index is 610. The predicted octanol–water partition coefficient (Wildman–Crippen LogP) is 2.14. The van der Waals surface area contributed by atoms with Gasteiger partial charge >= 0.3 is 0 Å². The molecule has 2 aliphatic rings. The summed E-state index contributed by atoms with van der Waals surface area (Å²) in [5, 5.41) is 5.71. The fourth-order valence-corrected chi connectivity index (χ4v) is 3.53. The summed E-state index contributed by atoms with van der Waals surface area (Å²) >= 11 is 3.53. The number of carbonyl (C=O) groups is 2. The lowest BCUT2D eigenvalue weighted by molar-refractivity contribution is -0.127. The van der Waals surface area contributed by atoms with Gasteiger partial charge in [-0.05, 0) is 43.4 Å². The minimum atomic E-state index is -0.134. The number of amides is 2. The van der Waals surface area contributed by atoms with Crippen molar-refractivity contribution in [2.75, 3.05) is 26.3 Å². The first-order valence-corrected chi connectivity index (χ1v) is 9.27. The second-order valence-corrected chi connectivity index (χ2v) is 7.59. The Morgan fingerprint density at radius 2 is 1.96 bits per heavy atom. The summed E-state index contributed by atoms with van der Waals surface area (Å²) in [6.07, 6.45) is 3.63. The van der Waals surface area contributed by atoms with Gasteiger partial charge in [-0.3, -0.25) is 9.59 Å². The fraction of sp³-hybridized carbons (Fsp3) is 0.556. The van der Waals surface area contributed by atoms with Crippen molar-refractivity contribution in [2.45, 2.75) is 31.1 Å². The van der Waals surface area contributed by atoms with Gasteiger partial charge in [0.2, 0.25) is 11.8 Å². The molecule has 0 atom stereocenters. The molecule has 1 aliphatic carbocycles. The molecule has 130 valence electrons. The molecule has 0 unspecified atom stereocenters. The highest BCUT2D eigenvalue weighted by atomic mass is 79.9. The Kier molecular flexibility index (Phi) is 5.56. The molecule has 1 saturated carbocycles. The lowest BCUT2D eigenvalue weighted by Crippen LogP contribution is -2.47. The Morgan fingerprint density at radius 3 is 2.62 bits per heavy atom. The van der Waals surface area contributed by atoms with E-state index < -0.39 is 0 Å². The Balaban J connectivity index is 1.59. The van der Waals surface area contributed by atoms with E-state index in [9.17, 15) is 9.59 Å². The molecule has 1 aromatic carbocycles. The van der Waals surface area contributed by atoms with Crippen LogP contribution in [0.2, 0.25) is 0 Å². The zero-order valence-corrected chi connectivity index (χ0v) is 15.2. The average Bonchev–Trinajstić information content (AvgIpc) is 3.44. The number of ether oxygens (including phenoxy) is 1. The highest BCUT2D eigenvalue weighted by Crippen LogP contribution is 2.35. The van der Waals surface area contributed by atoms with E-state index in [1.165, 1.54) is 5.56 Å². The van der Waals surface area contributed by atoms with Gasteiger partial charge in [-0.1, -0.05) is 28.1 Å². The van der Waals surface area contributed by atoms with Gasteiger partial charge in [0.15, 0.2) is 0 Å². The lowest BCUT2D eigenvalue weighted by atomic mass is 9.74. The van der Waals surface area contributed by atoms with E-state index in [1.54, 1.807) is 0 Å². The Morgan fingerprint density at radius 1 is 1.21 bits per heavy atom.